The van der Waals surface area contributed by atoms with Crippen LogP contribution in [0.3, 0.4) is 0 Å². The van der Waals surface area contributed by atoms with Crippen molar-refractivity contribution in [2.24, 2.45) is 17.4 Å². The number of aromatic nitrogens is 1. The Kier molecular flexibility index (Phi) is 11.9. The first-order chi connectivity index (χ1) is 20.9. The second kappa shape index (κ2) is 15.5. The van der Waals surface area contributed by atoms with E-state index in [-0.39, 0.29) is 37.4 Å². The zero-order valence-corrected chi connectivity index (χ0v) is 24.7. The molecule has 0 aliphatic rings. The number of carboxylic acid groups (broad SMARTS) is 1. The number of para-hydroxylation sites is 1. The zero-order chi connectivity index (χ0) is 32.4. The van der Waals surface area contributed by atoms with E-state index >= 15 is 0 Å². The van der Waals surface area contributed by atoms with Crippen molar-refractivity contribution < 1.29 is 34.2 Å². The summed E-state index contributed by atoms with van der Waals surface area (Å²) in [5.41, 5.74) is 13.5. The average Bonchev–Trinajstić information content (AvgIpc) is 3.40. The minimum absolute atomic E-state index is 0.00159. The Morgan fingerprint density at radius 3 is 2.11 bits per heavy atom. The molecule has 0 saturated carbocycles. The molecule has 10 N–H and O–H groups in total. The Balaban J connectivity index is 1.84. The van der Waals surface area contributed by atoms with Crippen molar-refractivity contribution in [3.05, 3.63) is 65.9 Å². The lowest BCUT2D eigenvalue weighted by Gasteiger charge is -2.26. The van der Waals surface area contributed by atoms with E-state index in [9.17, 15) is 34.2 Å². The number of fused-ring (bicyclic) bond motifs is 1. The van der Waals surface area contributed by atoms with Crippen molar-refractivity contribution in [1.82, 2.24) is 20.9 Å². The molecule has 5 unspecified atom stereocenters. The van der Waals surface area contributed by atoms with Gasteiger partial charge in [-0.25, -0.2) is 4.79 Å². The number of primary amides is 1. The fourth-order valence-electron chi connectivity index (χ4n) is 4.68. The Morgan fingerprint density at radius 2 is 1.48 bits per heavy atom. The molecule has 0 aliphatic heterocycles. The summed E-state index contributed by atoms with van der Waals surface area (Å²) < 4.78 is 0. The topological polar surface area (TPSA) is 230 Å². The van der Waals surface area contributed by atoms with Gasteiger partial charge in [0.1, 0.15) is 23.9 Å². The number of H-pyrrole nitrogens is 1. The summed E-state index contributed by atoms with van der Waals surface area (Å²) in [7, 11) is 0. The fourth-order valence-corrected chi connectivity index (χ4v) is 4.68. The molecular formula is C31H40N6O7. The second-order valence-electron chi connectivity index (χ2n) is 10.9. The average molecular weight is 609 g/mol. The van der Waals surface area contributed by atoms with E-state index < -0.39 is 53.8 Å². The van der Waals surface area contributed by atoms with Crippen molar-refractivity contribution in [2.45, 2.75) is 70.1 Å². The minimum Gasteiger partial charge on any atom is -0.508 e. The van der Waals surface area contributed by atoms with E-state index in [1.165, 1.54) is 24.3 Å². The molecule has 13 heteroatoms. The van der Waals surface area contributed by atoms with Crippen molar-refractivity contribution in [3.63, 3.8) is 0 Å². The van der Waals surface area contributed by atoms with Crippen LogP contribution >= 0.6 is 0 Å². The van der Waals surface area contributed by atoms with E-state index in [0.29, 0.717) is 12.0 Å². The molecule has 3 aromatic rings. The largest absolute Gasteiger partial charge is 0.508 e. The van der Waals surface area contributed by atoms with Crippen LogP contribution in [-0.2, 0) is 36.8 Å². The summed E-state index contributed by atoms with van der Waals surface area (Å²) >= 11 is 0. The Labute approximate surface area is 254 Å². The first-order valence-corrected chi connectivity index (χ1v) is 14.4. The Hall–Kier alpha value is -4.91. The van der Waals surface area contributed by atoms with Gasteiger partial charge < -0.3 is 42.6 Å². The molecule has 0 bridgehead atoms. The number of aromatic amines is 1. The normalized spacial score (nSPS) is 14.5. The van der Waals surface area contributed by atoms with Gasteiger partial charge in [-0.2, -0.15) is 0 Å². The maximum absolute atomic E-state index is 13.7. The lowest BCUT2D eigenvalue weighted by Crippen LogP contribution is -2.58. The number of aliphatic carboxylic acids is 1. The highest BCUT2D eigenvalue weighted by Crippen LogP contribution is 2.20. The van der Waals surface area contributed by atoms with Gasteiger partial charge in [0.15, 0.2) is 0 Å². The van der Waals surface area contributed by atoms with E-state index in [0.717, 1.165) is 16.5 Å². The third kappa shape index (κ3) is 9.30. The van der Waals surface area contributed by atoms with Crippen LogP contribution in [0, 0.1) is 5.92 Å². The van der Waals surface area contributed by atoms with Gasteiger partial charge in [0.2, 0.25) is 23.6 Å². The zero-order valence-electron chi connectivity index (χ0n) is 24.7. The number of carbonyl (C=O) groups excluding carboxylic acids is 4. The van der Waals surface area contributed by atoms with Gasteiger partial charge in [0.25, 0.3) is 0 Å². The summed E-state index contributed by atoms with van der Waals surface area (Å²) in [6.07, 6.45) is 1.83. The van der Waals surface area contributed by atoms with Crippen LogP contribution in [0.25, 0.3) is 10.9 Å². The molecule has 0 spiro atoms. The first-order valence-electron chi connectivity index (χ1n) is 14.4. The molecular weight excluding hydrogens is 568 g/mol. The summed E-state index contributed by atoms with van der Waals surface area (Å²) in [5, 5.41) is 27.8. The predicted octanol–water partition coefficient (Wildman–Crippen LogP) is 0.837. The number of nitrogens with two attached hydrogens (primary N) is 2. The molecule has 13 nitrogen and oxygen atoms in total. The van der Waals surface area contributed by atoms with Crippen LogP contribution in [-0.4, -0.2) is 69.0 Å². The lowest BCUT2D eigenvalue weighted by atomic mass is 9.98. The van der Waals surface area contributed by atoms with Crippen LogP contribution in [0.4, 0.5) is 0 Å². The number of phenols is 1. The first kappa shape index (κ1) is 33.6. The van der Waals surface area contributed by atoms with E-state index in [1.54, 1.807) is 6.20 Å². The monoisotopic (exact) mass is 608 g/mol. The lowest BCUT2D eigenvalue weighted by molar-refractivity contribution is -0.142. The molecule has 0 aliphatic carbocycles. The van der Waals surface area contributed by atoms with Gasteiger partial charge in [-0.3, -0.25) is 19.2 Å². The molecule has 0 fully saturated rings. The van der Waals surface area contributed by atoms with Crippen molar-refractivity contribution in [2.75, 3.05) is 0 Å². The van der Waals surface area contributed by atoms with Crippen molar-refractivity contribution in [3.8, 4) is 5.75 Å². The Bertz CT molecular complexity index is 1470. The van der Waals surface area contributed by atoms with Crippen LogP contribution in [0.15, 0.2) is 54.7 Å². The number of hydrogen-bond donors (Lipinski definition) is 8. The molecule has 5 atom stereocenters. The third-order valence-corrected chi connectivity index (χ3v) is 7.59. The van der Waals surface area contributed by atoms with E-state index in [4.69, 9.17) is 11.5 Å². The SMILES string of the molecule is CCC(C)C(N)C(=O)NC(Cc1c[nH]c2ccccc12)C(=O)NC(CCC(N)=O)C(=O)NC(Cc1ccc(O)cc1)C(=O)O. The number of benzene rings is 2. The molecule has 4 amide bonds. The maximum Gasteiger partial charge on any atom is 0.326 e. The number of carboxylic acids is 1. The van der Waals surface area contributed by atoms with Crippen molar-refractivity contribution >= 4 is 40.5 Å². The highest BCUT2D eigenvalue weighted by Gasteiger charge is 2.32. The number of carbonyl (C=O) groups is 5. The predicted molar refractivity (Wildman–Crippen MR) is 163 cm³/mol. The van der Waals surface area contributed by atoms with Crippen LogP contribution in [0.2, 0.25) is 0 Å². The van der Waals surface area contributed by atoms with Crippen LogP contribution in [0.5, 0.6) is 5.75 Å². The van der Waals surface area contributed by atoms with Gasteiger partial charge >= 0.3 is 5.97 Å². The molecule has 1 aromatic heterocycles. The Morgan fingerprint density at radius 1 is 0.864 bits per heavy atom. The molecule has 44 heavy (non-hydrogen) atoms. The minimum atomic E-state index is -1.38. The summed E-state index contributed by atoms with van der Waals surface area (Å²) in [6.45, 7) is 3.71. The van der Waals surface area contributed by atoms with Crippen molar-refractivity contribution in [1.29, 1.82) is 0 Å². The highest BCUT2D eigenvalue weighted by molar-refractivity contribution is 5.95. The maximum atomic E-state index is 13.7. The summed E-state index contributed by atoms with van der Waals surface area (Å²) in [6, 6.07) is 8.48. The summed E-state index contributed by atoms with van der Waals surface area (Å²) in [5.74, 6) is -4.33. The number of aromatic hydroxyl groups is 1. The molecule has 1 heterocycles. The van der Waals surface area contributed by atoms with Gasteiger partial charge in [-0.15, -0.1) is 0 Å². The summed E-state index contributed by atoms with van der Waals surface area (Å²) in [4.78, 5) is 66.8. The molecule has 0 radical (unpaired) electrons. The van der Waals surface area contributed by atoms with Crippen LogP contribution in [0.1, 0.15) is 44.2 Å². The van der Waals surface area contributed by atoms with Crippen LogP contribution < -0.4 is 27.4 Å². The third-order valence-electron chi connectivity index (χ3n) is 7.59. The van der Waals surface area contributed by atoms with Gasteiger partial charge in [0.05, 0.1) is 6.04 Å². The molecule has 3 rings (SSSR count). The van der Waals surface area contributed by atoms with Gasteiger partial charge in [0, 0.05) is 36.4 Å². The standard InChI is InChI=1S/C31H40N6O7/c1-3-17(2)27(33)30(42)36-24(15-19-16-34-22-7-5-4-6-21(19)22)29(41)35-23(12-13-26(32)39)28(40)37-25(31(43)44)14-18-8-10-20(38)11-9-18/h4-11,16-17,23-25,27,34,38H,3,12-15,33H2,1-2H3,(H2,32,39)(H,35,41)(H,36,42)(H,37,40)(H,43,44). The number of phenolic OH excluding ortho intramolecular Hbond substituents is 1. The second-order valence-corrected chi connectivity index (χ2v) is 10.9. The van der Waals surface area contributed by atoms with E-state index in [1.807, 2.05) is 38.1 Å². The fraction of sp³-hybridized carbons (Fsp3) is 0.387. The molecule has 236 valence electrons. The number of nitrogens with one attached hydrogen (secondary N) is 4. The van der Waals surface area contributed by atoms with Gasteiger partial charge in [-0.05, 0) is 41.7 Å². The molecule has 2 aromatic carbocycles. The molecule has 0 saturated heterocycles. The number of rotatable bonds is 16. The van der Waals surface area contributed by atoms with Gasteiger partial charge in [-0.1, -0.05) is 50.6 Å². The van der Waals surface area contributed by atoms with E-state index in [2.05, 4.69) is 20.9 Å². The highest BCUT2D eigenvalue weighted by atomic mass is 16.4. The number of hydrogen-bond acceptors (Lipinski definition) is 7. The smallest absolute Gasteiger partial charge is 0.326 e. The number of amides is 4. The quantitative estimate of drug-likeness (QED) is 0.116.